The van der Waals surface area contributed by atoms with Gasteiger partial charge in [0.2, 0.25) is 5.91 Å². The lowest BCUT2D eigenvalue weighted by molar-refractivity contribution is -0.139. The van der Waals surface area contributed by atoms with Crippen LogP contribution in [-0.2, 0) is 14.3 Å². The van der Waals surface area contributed by atoms with E-state index in [2.05, 4.69) is 23.3 Å². The molecule has 2 unspecified atom stereocenters. The molecule has 0 aliphatic heterocycles. The molecular formula is C27H39N3O4. The average Bonchev–Trinajstić information content (AvgIpc) is 2.67. The number of carbonyl (C=O) groups is 3. The van der Waals surface area contributed by atoms with E-state index in [0.29, 0.717) is 12.0 Å². The fourth-order valence-corrected chi connectivity index (χ4v) is 3.29. The zero-order valence-corrected chi connectivity index (χ0v) is 21.7. The molecule has 2 N–H and O–H groups in total. The Kier molecular flexibility index (Phi) is 9.93. The number of terminal acetylenes is 1. The summed E-state index contributed by atoms with van der Waals surface area (Å²) in [5, 5.41) is 5.55. The minimum atomic E-state index is -1.10. The van der Waals surface area contributed by atoms with Crippen molar-refractivity contribution in [3.8, 4) is 12.5 Å². The second-order valence-corrected chi connectivity index (χ2v) is 10.7. The number of alkyl carbamates (subject to hydrolysis) is 1. The number of nitrogens with one attached hydrogen (secondary N) is 2. The Bertz CT molecular complexity index is 932. The fraction of sp³-hybridized carbons (Fsp3) is 0.519. The van der Waals surface area contributed by atoms with Crippen molar-refractivity contribution in [2.24, 2.45) is 5.92 Å². The molecule has 0 radical (unpaired) electrons. The van der Waals surface area contributed by atoms with E-state index in [4.69, 9.17) is 11.2 Å². The number of rotatable bonds is 8. The van der Waals surface area contributed by atoms with Gasteiger partial charge in [0, 0.05) is 11.6 Å². The Labute approximate surface area is 204 Å². The van der Waals surface area contributed by atoms with E-state index >= 15 is 0 Å². The molecule has 34 heavy (non-hydrogen) atoms. The van der Waals surface area contributed by atoms with Gasteiger partial charge in [-0.1, -0.05) is 51.1 Å². The van der Waals surface area contributed by atoms with Crippen LogP contribution in [0.4, 0.5) is 4.79 Å². The summed E-state index contributed by atoms with van der Waals surface area (Å²) in [6, 6.07) is 7.41. The van der Waals surface area contributed by atoms with Gasteiger partial charge in [0.05, 0.1) is 0 Å². The van der Waals surface area contributed by atoms with Crippen molar-refractivity contribution in [3.05, 3.63) is 42.0 Å². The van der Waals surface area contributed by atoms with Gasteiger partial charge < -0.3 is 15.4 Å². The standard InChI is InChI=1S/C27H39N3O4/c1-11-19-14-13-15-20(17-19)22(23(31)29-26(5,6)7)30(12-2)24(32)21(16-18(3)4)28-25(33)34-27(8,9)10/h2,11,13-15,17-18,21-22H,1,16H2,3-10H3,(H,28,33)(H,29,31). The van der Waals surface area contributed by atoms with Crippen molar-refractivity contribution in [3.63, 3.8) is 0 Å². The predicted octanol–water partition coefficient (Wildman–Crippen LogP) is 4.64. The van der Waals surface area contributed by atoms with Gasteiger partial charge in [-0.15, -0.1) is 0 Å². The third-order valence-electron chi connectivity index (χ3n) is 4.54. The Hall–Kier alpha value is -3.27. The van der Waals surface area contributed by atoms with E-state index < -0.39 is 41.1 Å². The smallest absolute Gasteiger partial charge is 0.408 e. The summed E-state index contributed by atoms with van der Waals surface area (Å²) in [6.07, 6.45) is 7.03. The predicted molar refractivity (Wildman–Crippen MR) is 135 cm³/mol. The summed E-state index contributed by atoms with van der Waals surface area (Å²) in [5.74, 6) is -0.935. The normalized spacial score (nSPS) is 13.3. The van der Waals surface area contributed by atoms with Crippen LogP contribution in [0.15, 0.2) is 30.8 Å². The van der Waals surface area contributed by atoms with E-state index in [0.717, 1.165) is 10.5 Å². The number of ether oxygens (including phenoxy) is 1. The number of nitrogens with zero attached hydrogens (tertiary/aromatic N) is 1. The van der Waals surface area contributed by atoms with Crippen LogP contribution in [0.25, 0.3) is 6.08 Å². The largest absolute Gasteiger partial charge is 0.444 e. The molecule has 1 rings (SSSR count). The summed E-state index contributed by atoms with van der Waals surface area (Å²) in [4.78, 5) is 40.6. The van der Waals surface area contributed by atoms with Crippen LogP contribution in [0.2, 0.25) is 0 Å². The van der Waals surface area contributed by atoms with E-state index in [9.17, 15) is 14.4 Å². The molecule has 186 valence electrons. The highest BCUT2D eigenvalue weighted by Crippen LogP contribution is 2.25. The maximum atomic E-state index is 13.7. The molecule has 0 aliphatic carbocycles. The van der Waals surface area contributed by atoms with Gasteiger partial charge in [-0.25, -0.2) is 4.79 Å². The Morgan fingerprint density at radius 1 is 1.18 bits per heavy atom. The molecule has 1 aromatic rings. The average molecular weight is 470 g/mol. The summed E-state index contributed by atoms with van der Waals surface area (Å²) >= 11 is 0. The van der Waals surface area contributed by atoms with Crippen LogP contribution >= 0.6 is 0 Å². The topological polar surface area (TPSA) is 87.7 Å². The second-order valence-electron chi connectivity index (χ2n) is 10.7. The van der Waals surface area contributed by atoms with E-state index in [1.807, 2.05) is 40.7 Å². The lowest BCUT2D eigenvalue weighted by Gasteiger charge is -2.33. The third kappa shape index (κ3) is 9.30. The molecule has 7 heteroatoms. The summed E-state index contributed by atoms with van der Waals surface area (Å²) in [7, 11) is 0. The highest BCUT2D eigenvalue weighted by Gasteiger charge is 2.37. The van der Waals surface area contributed by atoms with Crippen molar-refractivity contribution in [1.29, 1.82) is 0 Å². The van der Waals surface area contributed by atoms with Crippen LogP contribution in [0, 0.1) is 18.4 Å². The van der Waals surface area contributed by atoms with Gasteiger partial charge >= 0.3 is 6.09 Å². The lowest BCUT2D eigenvalue weighted by Crippen LogP contribution is -2.53. The van der Waals surface area contributed by atoms with Gasteiger partial charge in [0.1, 0.15) is 17.7 Å². The van der Waals surface area contributed by atoms with Gasteiger partial charge in [-0.05, 0) is 71.1 Å². The number of benzene rings is 1. The highest BCUT2D eigenvalue weighted by atomic mass is 16.6. The first-order chi connectivity index (χ1) is 15.6. The zero-order chi connectivity index (χ0) is 26.3. The first-order valence-electron chi connectivity index (χ1n) is 11.4. The monoisotopic (exact) mass is 469 g/mol. The SMILES string of the molecule is C#CN(C(=O)C(CC(C)C)NC(=O)OC(C)(C)C)C(C(=O)NC(C)(C)C)c1cccc(C=C)c1. The molecule has 0 heterocycles. The Morgan fingerprint density at radius 3 is 2.26 bits per heavy atom. The molecule has 0 saturated carbocycles. The van der Waals surface area contributed by atoms with Crippen molar-refractivity contribution in [2.75, 3.05) is 0 Å². The number of amides is 3. The van der Waals surface area contributed by atoms with Gasteiger partial charge in [0.15, 0.2) is 0 Å². The number of carbonyl (C=O) groups excluding carboxylic acids is 3. The molecule has 7 nitrogen and oxygen atoms in total. The molecule has 0 spiro atoms. The molecule has 1 aromatic carbocycles. The van der Waals surface area contributed by atoms with Crippen LogP contribution < -0.4 is 10.6 Å². The molecule has 3 amide bonds. The van der Waals surface area contributed by atoms with Crippen molar-refractivity contribution in [2.45, 2.75) is 85.0 Å². The second kappa shape index (κ2) is 11.7. The molecule has 0 bridgehead atoms. The molecular weight excluding hydrogens is 430 g/mol. The van der Waals surface area contributed by atoms with E-state index in [1.54, 1.807) is 45.0 Å². The molecule has 0 fully saturated rings. The number of hydrogen-bond acceptors (Lipinski definition) is 4. The molecule has 0 saturated heterocycles. The highest BCUT2D eigenvalue weighted by molar-refractivity contribution is 5.93. The summed E-state index contributed by atoms with van der Waals surface area (Å²) < 4.78 is 5.34. The van der Waals surface area contributed by atoms with Crippen molar-refractivity contribution < 1.29 is 19.1 Å². The third-order valence-corrected chi connectivity index (χ3v) is 4.54. The minimum absolute atomic E-state index is 0.0643. The van der Waals surface area contributed by atoms with E-state index in [-0.39, 0.29) is 5.92 Å². The van der Waals surface area contributed by atoms with Crippen LogP contribution in [0.1, 0.15) is 79.0 Å². The van der Waals surface area contributed by atoms with Gasteiger partial charge in [-0.2, -0.15) is 0 Å². The quantitative estimate of drug-likeness (QED) is 0.429. The molecule has 0 aromatic heterocycles. The zero-order valence-electron chi connectivity index (χ0n) is 21.7. The molecule has 2 atom stereocenters. The van der Waals surface area contributed by atoms with Crippen molar-refractivity contribution in [1.82, 2.24) is 15.5 Å². The fourth-order valence-electron chi connectivity index (χ4n) is 3.29. The van der Waals surface area contributed by atoms with Gasteiger partial charge in [-0.3, -0.25) is 14.5 Å². The van der Waals surface area contributed by atoms with E-state index in [1.165, 1.54) is 0 Å². The first kappa shape index (κ1) is 28.8. The van der Waals surface area contributed by atoms with Crippen LogP contribution in [0.3, 0.4) is 0 Å². The van der Waals surface area contributed by atoms with Crippen LogP contribution in [0.5, 0.6) is 0 Å². The van der Waals surface area contributed by atoms with Crippen molar-refractivity contribution >= 4 is 24.0 Å². The Balaban J connectivity index is 3.45. The number of hydrogen-bond donors (Lipinski definition) is 2. The summed E-state index contributed by atoms with van der Waals surface area (Å²) in [6.45, 7) is 18.4. The lowest BCUT2D eigenvalue weighted by atomic mass is 9.97. The molecule has 0 aliphatic rings. The first-order valence-corrected chi connectivity index (χ1v) is 11.4. The van der Waals surface area contributed by atoms with Crippen LogP contribution in [-0.4, -0.2) is 40.0 Å². The Morgan fingerprint density at radius 2 is 1.79 bits per heavy atom. The summed E-state index contributed by atoms with van der Waals surface area (Å²) in [5.41, 5.74) is 0.0228. The van der Waals surface area contributed by atoms with Gasteiger partial charge in [0.25, 0.3) is 5.91 Å². The maximum absolute atomic E-state index is 13.7. The minimum Gasteiger partial charge on any atom is -0.444 e. The maximum Gasteiger partial charge on any atom is 0.408 e.